The van der Waals surface area contributed by atoms with Gasteiger partial charge in [-0.05, 0) is 48.5 Å². The van der Waals surface area contributed by atoms with Crippen LogP contribution in [-0.4, -0.2) is 0 Å². The second kappa shape index (κ2) is 13.8. The van der Waals surface area contributed by atoms with Crippen molar-refractivity contribution < 1.29 is 0 Å². The van der Waals surface area contributed by atoms with E-state index in [1.165, 1.54) is 16.7 Å². The van der Waals surface area contributed by atoms with Gasteiger partial charge < -0.3 is 0 Å². The molecule has 0 aromatic carbocycles. The van der Waals surface area contributed by atoms with Crippen LogP contribution in [0.3, 0.4) is 0 Å². The van der Waals surface area contributed by atoms with E-state index >= 15 is 0 Å². The molecule has 0 rings (SSSR count). The second-order valence-corrected chi connectivity index (χ2v) is 3.78. The third-order valence-electron chi connectivity index (χ3n) is 0.577. The van der Waals surface area contributed by atoms with Gasteiger partial charge in [0.05, 0.1) is 0 Å². The third kappa shape index (κ3) is 641. The van der Waals surface area contributed by atoms with Gasteiger partial charge in [-0.25, -0.2) is 0 Å². The highest BCUT2D eigenvalue weighted by molar-refractivity contribution is 4.88. The SMILES string of the molecule is C=C(C)C.C=C(C)C.CC=C(C)C. The Morgan fingerprint density at radius 1 is 0.769 bits per heavy atom. The topological polar surface area (TPSA) is 0 Å². The molecule has 0 heteroatoms. The first-order valence-electron chi connectivity index (χ1n) is 4.57. The molecule has 0 aliphatic carbocycles. The molecular formula is C13H26. The van der Waals surface area contributed by atoms with Crippen LogP contribution >= 0.6 is 0 Å². The van der Waals surface area contributed by atoms with E-state index in [9.17, 15) is 0 Å². The van der Waals surface area contributed by atoms with E-state index in [-0.39, 0.29) is 0 Å². The van der Waals surface area contributed by atoms with Gasteiger partial charge in [0.25, 0.3) is 0 Å². The van der Waals surface area contributed by atoms with Crippen LogP contribution in [0.5, 0.6) is 0 Å². The van der Waals surface area contributed by atoms with Crippen molar-refractivity contribution in [3.8, 4) is 0 Å². The van der Waals surface area contributed by atoms with Crippen molar-refractivity contribution >= 4 is 0 Å². The highest BCUT2D eigenvalue weighted by Crippen LogP contribution is 1.82. The maximum atomic E-state index is 3.56. The van der Waals surface area contributed by atoms with E-state index < -0.39 is 0 Å². The Kier molecular flexibility index (Phi) is 19.2. The normalized spacial score (nSPS) is 6.69. The van der Waals surface area contributed by atoms with Crippen molar-refractivity contribution in [2.45, 2.75) is 48.5 Å². The molecule has 0 nitrogen and oxygen atoms in total. The average molecular weight is 182 g/mol. The van der Waals surface area contributed by atoms with Crippen molar-refractivity contribution in [3.63, 3.8) is 0 Å². The fraction of sp³-hybridized carbons (Fsp3) is 0.538. The predicted octanol–water partition coefficient (Wildman–Crippen LogP) is 5.14. The zero-order valence-electron chi connectivity index (χ0n) is 10.5. The van der Waals surface area contributed by atoms with E-state index in [4.69, 9.17) is 0 Å². The van der Waals surface area contributed by atoms with Gasteiger partial charge in [-0.2, -0.15) is 0 Å². The summed E-state index contributed by atoms with van der Waals surface area (Å²) in [4.78, 5) is 0. The molecule has 0 aliphatic rings. The molecule has 0 aliphatic heterocycles. The fourth-order valence-corrected chi connectivity index (χ4v) is 0. The van der Waals surface area contributed by atoms with Gasteiger partial charge in [0.1, 0.15) is 0 Å². The highest BCUT2D eigenvalue weighted by Gasteiger charge is 1.60. The number of rotatable bonds is 0. The van der Waals surface area contributed by atoms with Crippen LogP contribution in [0.15, 0.2) is 36.0 Å². The van der Waals surface area contributed by atoms with Gasteiger partial charge in [-0.15, -0.1) is 13.2 Å². The molecule has 0 saturated heterocycles. The lowest BCUT2D eigenvalue weighted by molar-refractivity contribution is 1.36. The minimum absolute atomic E-state index is 1.17. The number of hydrogen-bond acceptors (Lipinski definition) is 0. The summed E-state index contributed by atoms with van der Waals surface area (Å²) < 4.78 is 0. The Morgan fingerprint density at radius 3 is 0.846 bits per heavy atom. The maximum absolute atomic E-state index is 3.56. The van der Waals surface area contributed by atoms with Crippen LogP contribution in [0.25, 0.3) is 0 Å². The monoisotopic (exact) mass is 182 g/mol. The van der Waals surface area contributed by atoms with E-state index in [0.29, 0.717) is 0 Å². The van der Waals surface area contributed by atoms with Gasteiger partial charge >= 0.3 is 0 Å². The lowest BCUT2D eigenvalue weighted by Crippen LogP contribution is -1.52. The summed E-state index contributed by atoms with van der Waals surface area (Å²) >= 11 is 0. The quantitative estimate of drug-likeness (QED) is 0.455. The Morgan fingerprint density at radius 2 is 0.846 bits per heavy atom. The van der Waals surface area contributed by atoms with E-state index in [1.807, 2.05) is 34.6 Å². The molecule has 0 bridgehead atoms. The molecule has 0 fully saturated rings. The molecular weight excluding hydrogens is 156 g/mol. The molecule has 13 heavy (non-hydrogen) atoms. The van der Waals surface area contributed by atoms with Crippen molar-refractivity contribution in [2.75, 3.05) is 0 Å². The molecule has 0 atom stereocenters. The predicted molar refractivity (Wildman–Crippen MR) is 66.1 cm³/mol. The minimum atomic E-state index is 1.17. The van der Waals surface area contributed by atoms with Gasteiger partial charge in [-0.3, -0.25) is 0 Å². The molecule has 0 amide bonds. The van der Waals surface area contributed by atoms with Crippen molar-refractivity contribution in [3.05, 3.63) is 36.0 Å². The Labute approximate surface area is 85.1 Å². The molecule has 0 saturated carbocycles. The number of hydrogen-bond donors (Lipinski definition) is 0. The van der Waals surface area contributed by atoms with E-state index in [1.54, 1.807) is 0 Å². The maximum Gasteiger partial charge on any atom is -0.0442 e. The Bertz CT molecular complexity index is 135. The Hall–Kier alpha value is -0.780. The summed E-state index contributed by atoms with van der Waals surface area (Å²) in [5, 5.41) is 0. The lowest BCUT2D eigenvalue weighted by Gasteiger charge is -1.74. The molecule has 0 radical (unpaired) electrons. The van der Waals surface area contributed by atoms with Crippen LogP contribution in [0.2, 0.25) is 0 Å². The van der Waals surface area contributed by atoms with Crippen LogP contribution in [-0.2, 0) is 0 Å². The first-order valence-corrected chi connectivity index (χ1v) is 4.57. The molecule has 0 aromatic rings. The summed E-state index contributed by atoms with van der Waals surface area (Å²) in [6.07, 6.45) is 2.08. The summed E-state index contributed by atoms with van der Waals surface area (Å²) in [5.74, 6) is 0. The minimum Gasteiger partial charge on any atom is -0.100 e. The number of allylic oxidation sites excluding steroid dienone is 4. The Balaban J connectivity index is -0.000000117. The highest BCUT2D eigenvalue weighted by atomic mass is 13.7. The zero-order chi connectivity index (χ0) is 11.4. The molecule has 0 unspecified atom stereocenters. The summed E-state index contributed by atoms with van der Waals surface area (Å²) in [7, 11) is 0. The third-order valence-corrected chi connectivity index (χ3v) is 0.577. The first-order chi connectivity index (χ1) is 5.73. The van der Waals surface area contributed by atoms with Crippen LogP contribution in [0.1, 0.15) is 48.5 Å². The van der Waals surface area contributed by atoms with Crippen LogP contribution in [0.4, 0.5) is 0 Å². The van der Waals surface area contributed by atoms with Crippen molar-refractivity contribution in [1.82, 2.24) is 0 Å². The van der Waals surface area contributed by atoms with Crippen molar-refractivity contribution in [1.29, 1.82) is 0 Å². The standard InChI is InChI=1S/C5H10.2C4H8/c1-4-5(2)3;2*1-4(2)3/h4H,1-3H3;2*1H2,2-3H3. The molecule has 0 aromatic heterocycles. The zero-order valence-corrected chi connectivity index (χ0v) is 10.5. The smallest absolute Gasteiger partial charge is 0.0442 e. The van der Waals surface area contributed by atoms with Gasteiger partial charge in [0.2, 0.25) is 0 Å². The van der Waals surface area contributed by atoms with Gasteiger partial charge in [0.15, 0.2) is 0 Å². The molecule has 78 valence electrons. The summed E-state index contributed by atoms with van der Waals surface area (Å²) in [5.41, 5.74) is 3.71. The largest absolute Gasteiger partial charge is 0.100 e. The van der Waals surface area contributed by atoms with E-state index in [2.05, 4.69) is 33.1 Å². The average Bonchev–Trinajstić information content (AvgIpc) is 1.84. The lowest BCUT2D eigenvalue weighted by atomic mass is 10.3. The first kappa shape index (κ1) is 18.1. The second-order valence-electron chi connectivity index (χ2n) is 3.78. The van der Waals surface area contributed by atoms with E-state index in [0.717, 1.165) is 0 Å². The molecule has 0 heterocycles. The summed E-state index contributed by atoms with van der Waals surface area (Å²) in [6, 6.07) is 0. The van der Waals surface area contributed by atoms with Crippen molar-refractivity contribution in [2.24, 2.45) is 0 Å². The fourth-order valence-electron chi connectivity index (χ4n) is 0. The van der Waals surface area contributed by atoms with Gasteiger partial charge in [0, 0.05) is 0 Å². The molecule has 0 N–H and O–H groups in total. The van der Waals surface area contributed by atoms with Crippen LogP contribution < -0.4 is 0 Å². The van der Waals surface area contributed by atoms with Crippen LogP contribution in [0, 0.1) is 0 Å². The van der Waals surface area contributed by atoms with Gasteiger partial charge in [-0.1, -0.05) is 22.8 Å². The summed E-state index contributed by atoms with van der Waals surface area (Å²) in [6.45, 7) is 21.2. The molecule has 0 spiro atoms.